The summed E-state index contributed by atoms with van der Waals surface area (Å²) in [7, 11) is 0. The molecule has 0 aliphatic heterocycles. The second-order valence-corrected chi connectivity index (χ2v) is 4.88. The Morgan fingerprint density at radius 3 is 2.55 bits per heavy atom. The Hall–Kier alpha value is -2.60. The first kappa shape index (κ1) is 15.8. The molecule has 2 aromatic rings. The van der Waals surface area contributed by atoms with E-state index in [1.807, 2.05) is 0 Å². The van der Waals surface area contributed by atoms with Gasteiger partial charge in [0.05, 0.1) is 4.92 Å². The van der Waals surface area contributed by atoms with Crippen molar-refractivity contribution in [2.24, 2.45) is 0 Å². The first-order valence-corrected chi connectivity index (χ1v) is 6.67. The van der Waals surface area contributed by atoms with Gasteiger partial charge in [-0.05, 0) is 42.8 Å². The fourth-order valence-corrected chi connectivity index (χ4v) is 1.81. The molecule has 0 saturated heterocycles. The van der Waals surface area contributed by atoms with Gasteiger partial charge in [-0.3, -0.25) is 10.1 Å². The summed E-state index contributed by atoms with van der Waals surface area (Å²) in [4.78, 5) is 22.0. The van der Waals surface area contributed by atoms with Crippen molar-refractivity contribution in [1.82, 2.24) is 0 Å². The van der Waals surface area contributed by atoms with E-state index in [4.69, 9.17) is 21.1 Å². The topological polar surface area (TPSA) is 78.7 Å². The van der Waals surface area contributed by atoms with E-state index in [-0.39, 0.29) is 18.0 Å². The van der Waals surface area contributed by atoms with Gasteiger partial charge in [0.1, 0.15) is 5.75 Å². The van der Waals surface area contributed by atoms with E-state index < -0.39 is 10.9 Å². The number of rotatable bonds is 5. The van der Waals surface area contributed by atoms with Crippen LogP contribution in [0.15, 0.2) is 42.5 Å². The minimum atomic E-state index is -0.733. The molecule has 0 heterocycles. The molecule has 0 aliphatic rings. The van der Waals surface area contributed by atoms with E-state index in [2.05, 4.69) is 0 Å². The largest absolute Gasteiger partial charge is 0.482 e. The van der Waals surface area contributed by atoms with Crippen LogP contribution in [0.3, 0.4) is 0 Å². The van der Waals surface area contributed by atoms with E-state index in [9.17, 15) is 14.9 Å². The number of halogens is 1. The summed E-state index contributed by atoms with van der Waals surface area (Å²) in [6.07, 6.45) is 0. The summed E-state index contributed by atoms with van der Waals surface area (Å²) in [6.45, 7) is 1.37. The lowest BCUT2D eigenvalue weighted by molar-refractivity contribution is -0.385. The molecule has 7 heteroatoms. The first-order valence-electron chi connectivity index (χ1n) is 6.30. The Morgan fingerprint density at radius 2 is 1.91 bits per heavy atom. The predicted molar refractivity (Wildman–Crippen MR) is 80.4 cm³/mol. The Morgan fingerprint density at radius 1 is 1.23 bits per heavy atom. The van der Waals surface area contributed by atoms with Gasteiger partial charge in [-0.1, -0.05) is 17.7 Å². The van der Waals surface area contributed by atoms with E-state index >= 15 is 0 Å². The molecule has 0 amide bonds. The third kappa shape index (κ3) is 4.20. The highest BCUT2D eigenvalue weighted by Gasteiger charge is 2.18. The Balaban J connectivity index is 2.01. The van der Waals surface area contributed by atoms with Gasteiger partial charge in [-0.2, -0.15) is 0 Å². The van der Waals surface area contributed by atoms with Crippen LogP contribution in [-0.2, 0) is 4.79 Å². The van der Waals surface area contributed by atoms with Gasteiger partial charge in [-0.15, -0.1) is 0 Å². The highest BCUT2D eigenvalue weighted by Crippen LogP contribution is 2.27. The molecule has 0 aromatic heterocycles. The molecule has 2 rings (SSSR count). The molecular weight excluding hydrogens is 310 g/mol. The molecule has 0 bridgehead atoms. The molecule has 0 saturated carbocycles. The maximum Gasteiger partial charge on any atom is 0.349 e. The van der Waals surface area contributed by atoms with Crippen LogP contribution < -0.4 is 9.47 Å². The van der Waals surface area contributed by atoms with Crippen LogP contribution >= 0.6 is 11.6 Å². The Labute approximate surface area is 131 Å². The number of aryl methyl sites for hydroxylation is 1. The molecule has 2 aromatic carbocycles. The van der Waals surface area contributed by atoms with Gasteiger partial charge < -0.3 is 9.47 Å². The molecule has 6 nitrogen and oxygen atoms in total. The zero-order valence-electron chi connectivity index (χ0n) is 11.6. The van der Waals surface area contributed by atoms with Gasteiger partial charge in [-0.25, -0.2) is 4.79 Å². The predicted octanol–water partition coefficient (Wildman–Crippen LogP) is 3.54. The summed E-state index contributed by atoms with van der Waals surface area (Å²) >= 11 is 5.73. The van der Waals surface area contributed by atoms with Crippen molar-refractivity contribution >= 4 is 23.3 Å². The number of benzene rings is 2. The van der Waals surface area contributed by atoms with Crippen LogP contribution in [0, 0.1) is 17.0 Å². The van der Waals surface area contributed by atoms with E-state index in [1.54, 1.807) is 37.3 Å². The second-order valence-electron chi connectivity index (χ2n) is 4.44. The van der Waals surface area contributed by atoms with E-state index in [0.717, 1.165) is 5.56 Å². The van der Waals surface area contributed by atoms with Crippen molar-refractivity contribution in [2.45, 2.75) is 6.92 Å². The van der Waals surface area contributed by atoms with Crippen molar-refractivity contribution in [3.8, 4) is 11.5 Å². The molecule has 0 N–H and O–H groups in total. The number of nitrogens with zero attached hydrogens (tertiary/aromatic N) is 1. The number of hydrogen-bond donors (Lipinski definition) is 0. The highest BCUT2D eigenvalue weighted by atomic mass is 35.5. The van der Waals surface area contributed by atoms with Crippen molar-refractivity contribution in [1.29, 1.82) is 0 Å². The van der Waals surface area contributed by atoms with Gasteiger partial charge >= 0.3 is 11.7 Å². The first-order chi connectivity index (χ1) is 10.5. The SMILES string of the molecule is Cc1ccc([N+](=O)[O-])c(OC(=O)COc2ccc(Cl)cc2)c1. The summed E-state index contributed by atoms with van der Waals surface area (Å²) in [5.41, 5.74) is 0.470. The molecule has 0 fully saturated rings. The van der Waals surface area contributed by atoms with Crippen LogP contribution in [-0.4, -0.2) is 17.5 Å². The van der Waals surface area contributed by atoms with Gasteiger partial charge in [0.15, 0.2) is 6.61 Å². The van der Waals surface area contributed by atoms with Crippen molar-refractivity contribution < 1.29 is 19.2 Å². The minimum absolute atomic E-state index is 0.102. The third-order valence-corrected chi connectivity index (χ3v) is 2.96. The smallest absolute Gasteiger partial charge is 0.349 e. The molecule has 0 aliphatic carbocycles. The fraction of sp³-hybridized carbons (Fsp3) is 0.133. The zero-order chi connectivity index (χ0) is 16.1. The molecule has 114 valence electrons. The van der Waals surface area contributed by atoms with Crippen molar-refractivity contribution in [2.75, 3.05) is 6.61 Å². The van der Waals surface area contributed by atoms with Crippen molar-refractivity contribution in [3.63, 3.8) is 0 Å². The zero-order valence-corrected chi connectivity index (χ0v) is 12.4. The maximum atomic E-state index is 11.7. The number of esters is 1. The Kier molecular flexibility index (Phi) is 4.95. The average molecular weight is 322 g/mol. The molecule has 0 unspecified atom stereocenters. The van der Waals surface area contributed by atoms with E-state index in [0.29, 0.717) is 10.8 Å². The van der Waals surface area contributed by atoms with Crippen LogP contribution in [0.4, 0.5) is 5.69 Å². The average Bonchev–Trinajstić information content (AvgIpc) is 2.46. The number of ether oxygens (including phenoxy) is 2. The molecule has 22 heavy (non-hydrogen) atoms. The van der Waals surface area contributed by atoms with Gasteiger partial charge in [0.25, 0.3) is 0 Å². The lowest BCUT2D eigenvalue weighted by atomic mass is 10.2. The molecular formula is C15H12ClNO5. The molecule has 0 radical (unpaired) electrons. The normalized spacial score (nSPS) is 10.1. The molecule has 0 spiro atoms. The number of nitro groups is 1. The van der Waals surface area contributed by atoms with Crippen molar-refractivity contribution in [3.05, 3.63) is 63.2 Å². The fourth-order valence-electron chi connectivity index (χ4n) is 1.68. The summed E-state index contributed by atoms with van der Waals surface area (Å²) in [5, 5.41) is 11.4. The number of carbonyl (C=O) groups is 1. The van der Waals surface area contributed by atoms with Crippen LogP contribution in [0.1, 0.15) is 5.56 Å². The Bertz CT molecular complexity index is 700. The lowest BCUT2D eigenvalue weighted by Crippen LogP contribution is -2.18. The quantitative estimate of drug-likeness (QED) is 0.364. The minimum Gasteiger partial charge on any atom is -0.482 e. The molecule has 0 atom stereocenters. The number of hydrogen-bond acceptors (Lipinski definition) is 5. The van der Waals surface area contributed by atoms with Gasteiger partial charge in [0.2, 0.25) is 5.75 Å². The maximum absolute atomic E-state index is 11.7. The number of carbonyl (C=O) groups excluding carboxylic acids is 1. The van der Waals surface area contributed by atoms with Crippen LogP contribution in [0.5, 0.6) is 11.5 Å². The summed E-state index contributed by atoms with van der Waals surface area (Å²) in [5.74, 6) is -0.390. The third-order valence-electron chi connectivity index (χ3n) is 2.71. The number of nitro benzene ring substituents is 1. The summed E-state index contributed by atoms with van der Waals surface area (Å²) in [6, 6.07) is 10.7. The lowest BCUT2D eigenvalue weighted by Gasteiger charge is -2.07. The van der Waals surface area contributed by atoms with Crippen LogP contribution in [0.2, 0.25) is 5.02 Å². The van der Waals surface area contributed by atoms with E-state index in [1.165, 1.54) is 12.1 Å². The van der Waals surface area contributed by atoms with Gasteiger partial charge in [0, 0.05) is 11.1 Å². The van der Waals surface area contributed by atoms with Crippen LogP contribution in [0.25, 0.3) is 0 Å². The monoisotopic (exact) mass is 321 g/mol. The second kappa shape index (κ2) is 6.91. The standard InChI is InChI=1S/C15H12ClNO5/c1-10-2-7-13(17(19)20)14(8-10)22-15(18)9-21-12-5-3-11(16)4-6-12/h2-8H,9H2,1H3. The highest BCUT2D eigenvalue weighted by molar-refractivity contribution is 6.30. The summed E-state index contributed by atoms with van der Waals surface area (Å²) < 4.78 is 10.2.